The Hall–Kier alpha value is -2.19. The number of amides is 1. The van der Waals surface area contributed by atoms with Gasteiger partial charge in [0.1, 0.15) is 0 Å². The maximum atomic E-state index is 13.1. The van der Waals surface area contributed by atoms with Gasteiger partial charge in [0.2, 0.25) is 0 Å². The lowest BCUT2D eigenvalue weighted by Gasteiger charge is -2.34. The summed E-state index contributed by atoms with van der Waals surface area (Å²) in [5, 5.41) is 11.3. The molecule has 0 radical (unpaired) electrons. The summed E-state index contributed by atoms with van der Waals surface area (Å²) in [6.45, 7) is 5.25. The second kappa shape index (κ2) is 7.59. The van der Waals surface area contributed by atoms with Gasteiger partial charge in [0, 0.05) is 51.0 Å². The first-order valence-corrected chi connectivity index (χ1v) is 9.36. The Morgan fingerprint density at radius 2 is 2.04 bits per heavy atom. The molecule has 4 heterocycles. The lowest BCUT2D eigenvalue weighted by Crippen LogP contribution is -2.44. The van der Waals surface area contributed by atoms with Gasteiger partial charge in [0.05, 0.1) is 36.9 Å². The number of nitrogens with zero attached hydrogens (tertiary/aromatic N) is 5. The fraction of sp³-hybridized carbons (Fsp3) is 0.611. The van der Waals surface area contributed by atoms with Crippen molar-refractivity contribution in [3.63, 3.8) is 0 Å². The first-order valence-electron chi connectivity index (χ1n) is 9.36. The maximum absolute atomic E-state index is 13.1. The summed E-state index contributed by atoms with van der Waals surface area (Å²) in [4.78, 5) is 17.6. The van der Waals surface area contributed by atoms with E-state index in [0.717, 1.165) is 69.9 Å². The van der Waals surface area contributed by atoms with Crippen LogP contribution in [0.5, 0.6) is 0 Å². The zero-order valence-electron chi connectivity index (χ0n) is 15.2. The van der Waals surface area contributed by atoms with E-state index in [0.29, 0.717) is 11.6 Å². The molecular formula is C18H26N6O2. The van der Waals surface area contributed by atoms with E-state index in [-0.39, 0.29) is 5.91 Å². The van der Waals surface area contributed by atoms with Crippen molar-refractivity contribution in [3.8, 4) is 11.3 Å². The van der Waals surface area contributed by atoms with Crippen LogP contribution in [-0.4, -0.2) is 81.1 Å². The number of H-pyrrole nitrogens is 1. The van der Waals surface area contributed by atoms with Crippen molar-refractivity contribution in [1.29, 1.82) is 0 Å². The third-order valence-corrected chi connectivity index (χ3v) is 5.41. The number of carbonyl (C=O) groups is 1. The molecule has 26 heavy (non-hydrogen) atoms. The molecule has 2 aromatic rings. The van der Waals surface area contributed by atoms with Crippen molar-refractivity contribution in [2.45, 2.75) is 25.3 Å². The monoisotopic (exact) mass is 358 g/mol. The molecule has 0 spiro atoms. The molecule has 2 aliphatic rings. The number of hydrogen-bond donors (Lipinski definition) is 1. The summed E-state index contributed by atoms with van der Waals surface area (Å²) in [6.07, 6.45) is 8.47. The van der Waals surface area contributed by atoms with E-state index in [1.165, 1.54) is 0 Å². The first kappa shape index (κ1) is 17.2. The smallest absolute Gasteiger partial charge is 0.257 e. The van der Waals surface area contributed by atoms with E-state index in [4.69, 9.17) is 4.74 Å². The van der Waals surface area contributed by atoms with E-state index in [2.05, 4.69) is 20.2 Å². The highest BCUT2D eigenvalue weighted by Crippen LogP contribution is 2.24. The molecule has 2 aliphatic heterocycles. The standard InChI is InChI=1S/C18H26N6O2/c1-22-13-14(11-20-22)17-16(12-19-21-17)18(25)24-5-2-3-15(4-6-24)23-7-9-26-10-8-23/h11-13,15H,2-10H2,1H3,(H,19,21). The van der Waals surface area contributed by atoms with Gasteiger partial charge in [-0.2, -0.15) is 10.2 Å². The minimum Gasteiger partial charge on any atom is -0.379 e. The molecule has 1 amide bonds. The largest absolute Gasteiger partial charge is 0.379 e. The number of rotatable bonds is 3. The summed E-state index contributed by atoms with van der Waals surface area (Å²) < 4.78 is 7.19. The van der Waals surface area contributed by atoms with E-state index < -0.39 is 0 Å². The topological polar surface area (TPSA) is 79.3 Å². The van der Waals surface area contributed by atoms with Crippen molar-refractivity contribution >= 4 is 5.91 Å². The van der Waals surface area contributed by atoms with Gasteiger partial charge in [-0.25, -0.2) is 0 Å². The number of aromatic amines is 1. The van der Waals surface area contributed by atoms with Crippen LogP contribution < -0.4 is 0 Å². The van der Waals surface area contributed by atoms with E-state index in [1.54, 1.807) is 17.1 Å². The first-order chi connectivity index (χ1) is 12.7. The number of aromatic nitrogens is 4. The van der Waals surface area contributed by atoms with Crippen molar-refractivity contribution in [1.82, 2.24) is 29.8 Å². The van der Waals surface area contributed by atoms with E-state index >= 15 is 0 Å². The Kier molecular flexibility index (Phi) is 5.03. The predicted molar refractivity (Wildman–Crippen MR) is 96.7 cm³/mol. The lowest BCUT2D eigenvalue weighted by molar-refractivity contribution is 0.0135. The van der Waals surface area contributed by atoms with Crippen LogP contribution in [0.1, 0.15) is 29.6 Å². The van der Waals surface area contributed by atoms with Crippen LogP contribution in [0.4, 0.5) is 0 Å². The average Bonchev–Trinajstić information content (AvgIpc) is 3.24. The Bertz CT molecular complexity index is 748. The molecule has 2 saturated heterocycles. The van der Waals surface area contributed by atoms with Crippen LogP contribution in [0.2, 0.25) is 0 Å². The minimum atomic E-state index is 0.0558. The normalized spacial score (nSPS) is 22.3. The van der Waals surface area contributed by atoms with Crippen LogP contribution in [0.25, 0.3) is 11.3 Å². The van der Waals surface area contributed by atoms with Crippen molar-refractivity contribution < 1.29 is 9.53 Å². The average molecular weight is 358 g/mol. The van der Waals surface area contributed by atoms with Gasteiger partial charge < -0.3 is 9.64 Å². The summed E-state index contributed by atoms with van der Waals surface area (Å²) >= 11 is 0. The van der Waals surface area contributed by atoms with Crippen LogP contribution in [-0.2, 0) is 11.8 Å². The molecule has 8 nitrogen and oxygen atoms in total. The summed E-state index contributed by atoms with van der Waals surface area (Å²) in [7, 11) is 1.86. The van der Waals surface area contributed by atoms with Crippen LogP contribution >= 0.6 is 0 Å². The third-order valence-electron chi connectivity index (χ3n) is 5.41. The number of aryl methyl sites for hydroxylation is 1. The Morgan fingerprint density at radius 3 is 2.81 bits per heavy atom. The second-order valence-corrected chi connectivity index (χ2v) is 7.09. The molecule has 2 fully saturated rings. The number of hydrogen-bond acceptors (Lipinski definition) is 5. The Balaban J connectivity index is 1.45. The molecule has 8 heteroatoms. The minimum absolute atomic E-state index is 0.0558. The Labute approximate surface area is 153 Å². The molecule has 1 N–H and O–H groups in total. The highest BCUT2D eigenvalue weighted by molar-refractivity contribution is 5.99. The number of likely N-dealkylation sites (tertiary alicyclic amines) is 1. The molecule has 2 aromatic heterocycles. The SMILES string of the molecule is Cn1cc(-c2[nH]ncc2C(=O)N2CCCC(N3CCOCC3)CC2)cn1. The number of morpholine rings is 1. The lowest BCUT2D eigenvalue weighted by atomic mass is 10.1. The highest BCUT2D eigenvalue weighted by Gasteiger charge is 2.28. The maximum Gasteiger partial charge on any atom is 0.257 e. The molecule has 1 atom stereocenters. The van der Waals surface area contributed by atoms with Crippen molar-refractivity contribution in [2.24, 2.45) is 7.05 Å². The Morgan fingerprint density at radius 1 is 1.19 bits per heavy atom. The third kappa shape index (κ3) is 3.52. The molecule has 140 valence electrons. The second-order valence-electron chi connectivity index (χ2n) is 7.09. The fourth-order valence-electron chi connectivity index (χ4n) is 3.98. The van der Waals surface area contributed by atoms with Gasteiger partial charge in [-0.3, -0.25) is 19.5 Å². The number of ether oxygens (including phenoxy) is 1. The molecule has 0 bridgehead atoms. The summed E-state index contributed by atoms with van der Waals surface area (Å²) in [5.74, 6) is 0.0558. The molecular weight excluding hydrogens is 332 g/mol. The van der Waals surface area contributed by atoms with Gasteiger partial charge in [-0.1, -0.05) is 0 Å². The van der Waals surface area contributed by atoms with Crippen molar-refractivity contribution in [2.75, 3.05) is 39.4 Å². The highest BCUT2D eigenvalue weighted by atomic mass is 16.5. The fourth-order valence-corrected chi connectivity index (χ4v) is 3.98. The van der Waals surface area contributed by atoms with Gasteiger partial charge >= 0.3 is 0 Å². The zero-order chi connectivity index (χ0) is 17.9. The number of carbonyl (C=O) groups excluding carboxylic acids is 1. The van der Waals surface area contributed by atoms with E-state index in [1.807, 2.05) is 18.1 Å². The van der Waals surface area contributed by atoms with Crippen LogP contribution in [0, 0.1) is 0 Å². The molecule has 0 saturated carbocycles. The van der Waals surface area contributed by atoms with E-state index in [9.17, 15) is 4.79 Å². The molecule has 0 aliphatic carbocycles. The van der Waals surface area contributed by atoms with Crippen molar-refractivity contribution in [3.05, 3.63) is 24.2 Å². The summed E-state index contributed by atoms with van der Waals surface area (Å²) in [5.41, 5.74) is 2.26. The molecule has 0 aromatic carbocycles. The predicted octanol–water partition coefficient (Wildman–Crippen LogP) is 1.14. The van der Waals surface area contributed by atoms with Gasteiger partial charge in [0.15, 0.2) is 0 Å². The van der Waals surface area contributed by atoms with Crippen LogP contribution in [0.3, 0.4) is 0 Å². The zero-order valence-corrected chi connectivity index (χ0v) is 15.2. The molecule has 4 rings (SSSR count). The van der Waals surface area contributed by atoms with Gasteiger partial charge in [0.25, 0.3) is 5.91 Å². The quantitative estimate of drug-likeness (QED) is 0.890. The number of nitrogens with one attached hydrogen (secondary N) is 1. The van der Waals surface area contributed by atoms with Gasteiger partial charge in [-0.05, 0) is 19.3 Å². The van der Waals surface area contributed by atoms with Crippen LogP contribution in [0.15, 0.2) is 18.6 Å². The molecule has 1 unspecified atom stereocenters. The van der Waals surface area contributed by atoms with Gasteiger partial charge in [-0.15, -0.1) is 0 Å². The summed E-state index contributed by atoms with van der Waals surface area (Å²) in [6, 6.07) is 0.554.